The number of unbranched alkanes of at least 4 members (excludes halogenated alkanes) is 2. The summed E-state index contributed by atoms with van der Waals surface area (Å²) in [5, 5.41) is 11.4. The zero-order valence-corrected chi connectivity index (χ0v) is 16.7. The number of furan rings is 1. The van der Waals surface area contributed by atoms with Gasteiger partial charge in [0.05, 0.1) is 4.91 Å². The van der Waals surface area contributed by atoms with Gasteiger partial charge in [-0.2, -0.15) is 0 Å². The van der Waals surface area contributed by atoms with E-state index in [4.69, 9.17) is 16.6 Å². The number of benzene rings is 1. The van der Waals surface area contributed by atoms with Crippen LogP contribution in [0.4, 0.5) is 0 Å². The minimum atomic E-state index is -1.04. The third-order valence-electron chi connectivity index (χ3n) is 4.44. The fourth-order valence-electron chi connectivity index (χ4n) is 3.08. The van der Waals surface area contributed by atoms with Gasteiger partial charge in [-0.25, -0.2) is 0 Å². The van der Waals surface area contributed by atoms with Crippen molar-refractivity contribution in [3.8, 4) is 0 Å². The Kier molecular flexibility index (Phi) is 6.34. The van der Waals surface area contributed by atoms with Crippen molar-refractivity contribution < 1.29 is 19.1 Å². The SMILES string of the molecule is CCc1oc2ccccc2c1/C=C1\SC(=S)N(CCCCCC(=O)[O-])C1=O. The Hall–Kier alpha value is -2.12. The normalized spacial score (nSPS) is 16.0. The van der Waals surface area contributed by atoms with E-state index in [0.29, 0.717) is 28.6 Å². The number of carbonyl (C=O) groups excluding carboxylic acids is 2. The molecule has 0 radical (unpaired) electrons. The van der Waals surface area contributed by atoms with Crippen molar-refractivity contribution in [2.75, 3.05) is 6.54 Å². The molecule has 5 nitrogen and oxygen atoms in total. The summed E-state index contributed by atoms with van der Waals surface area (Å²) in [4.78, 5) is 25.4. The van der Waals surface area contributed by atoms with E-state index in [2.05, 4.69) is 0 Å². The first-order valence-electron chi connectivity index (χ1n) is 8.97. The lowest BCUT2D eigenvalue weighted by Crippen LogP contribution is -2.29. The molecule has 27 heavy (non-hydrogen) atoms. The zero-order chi connectivity index (χ0) is 19.4. The summed E-state index contributed by atoms with van der Waals surface area (Å²) >= 11 is 6.67. The Labute approximate surface area is 167 Å². The molecule has 0 spiro atoms. The lowest BCUT2D eigenvalue weighted by Gasteiger charge is -2.14. The van der Waals surface area contributed by atoms with Gasteiger partial charge in [0.25, 0.3) is 5.91 Å². The van der Waals surface area contributed by atoms with Gasteiger partial charge in [-0.15, -0.1) is 0 Å². The number of thioether (sulfide) groups is 1. The number of nitrogens with zero attached hydrogens (tertiary/aromatic N) is 1. The van der Waals surface area contributed by atoms with E-state index in [-0.39, 0.29) is 12.3 Å². The Morgan fingerprint density at radius 3 is 2.81 bits per heavy atom. The van der Waals surface area contributed by atoms with Gasteiger partial charge >= 0.3 is 0 Å². The average Bonchev–Trinajstić information content (AvgIpc) is 3.13. The van der Waals surface area contributed by atoms with Gasteiger partial charge < -0.3 is 14.3 Å². The molecule has 1 amide bonds. The van der Waals surface area contributed by atoms with Crippen molar-refractivity contribution in [3.05, 3.63) is 40.5 Å². The van der Waals surface area contributed by atoms with E-state index in [0.717, 1.165) is 35.1 Å². The van der Waals surface area contributed by atoms with Crippen molar-refractivity contribution in [2.45, 2.75) is 39.0 Å². The Bertz CT molecular complexity index is 916. The second-order valence-electron chi connectivity index (χ2n) is 6.30. The molecule has 1 saturated heterocycles. The molecule has 0 unspecified atom stereocenters. The van der Waals surface area contributed by atoms with Crippen LogP contribution in [-0.2, 0) is 16.0 Å². The van der Waals surface area contributed by atoms with E-state index in [1.54, 1.807) is 4.90 Å². The summed E-state index contributed by atoms with van der Waals surface area (Å²) in [6, 6.07) is 7.78. The van der Waals surface area contributed by atoms with Crippen molar-refractivity contribution in [2.24, 2.45) is 0 Å². The van der Waals surface area contributed by atoms with Crippen LogP contribution in [-0.4, -0.2) is 27.6 Å². The first kappa shape index (κ1) is 19.6. The number of aliphatic carboxylic acids is 1. The summed E-state index contributed by atoms with van der Waals surface area (Å²) in [5.41, 5.74) is 1.74. The Morgan fingerprint density at radius 1 is 1.30 bits per heavy atom. The van der Waals surface area contributed by atoms with E-state index in [1.165, 1.54) is 11.8 Å². The van der Waals surface area contributed by atoms with Gasteiger partial charge in [-0.1, -0.05) is 55.5 Å². The summed E-state index contributed by atoms with van der Waals surface area (Å²) in [6.45, 7) is 2.52. The zero-order valence-electron chi connectivity index (χ0n) is 15.0. The van der Waals surface area contributed by atoms with Crippen LogP contribution >= 0.6 is 24.0 Å². The number of hydrogen-bond acceptors (Lipinski definition) is 6. The summed E-state index contributed by atoms with van der Waals surface area (Å²) in [5.74, 6) is -0.288. The molecule has 2 heterocycles. The average molecular weight is 403 g/mol. The summed E-state index contributed by atoms with van der Waals surface area (Å²) in [6.07, 6.45) is 4.64. The van der Waals surface area contributed by atoms with Crippen molar-refractivity contribution in [1.29, 1.82) is 0 Å². The lowest BCUT2D eigenvalue weighted by molar-refractivity contribution is -0.305. The first-order valence-corrected chi connectivity index (χ1v) is 10.2. The Balaban J connectivity index is 1.74. The number of para-hydroxylation sites is 1. The number of carboxylic acid groups (broad SMARTS) is 1. The minimum absolute atomic E-state index is 0.0473. The number of hydrogen-bond donors (Lipinski definition) is 0. The molecule has 0 atom stereocenters. The highest BCUT2D eigenvalue weighted by Gasteiger charge is 2.32. The van der Waals surface area contributed by atoms with Gasteiger partial charge in [0.1, 0.15) is 15.7 Å². The number of aryl methyl sites for hydroxylation is 1. The molecule has 0 aliphatic carbocycles. The van der Waals surface area contributed by atoms with Crippen LogP contribution in [0.1, 0.15) is 43.9 Å². The maximum Gasteiger partial charge on any atom is 0.266 e. The predicted molar refractivity (Wildman–Crippen MR) is 109 cm³/mol. The highest BCUT2D eigenvalue weighted by Crippen LogP contribution is 2.36. The largest absolute Gasteiger partial charge is 0.550 e. The molecule has 0 saturated carbocycles. The van der Waals surface area contributed by atoms with Crippen LogP contribution in [0.5, 0.6) is 0 Å². The lowest BCUT2D eigenvalue weighted by atomic mass is 10.1. The first-order chi connectivity index (χ1) is 13.0. The highest BCUT2D eigenvalue weighted by molar-refractivity contribution is 8.26. The smallest absolute Gasteiger partial charge is 0.266 e. The maximum atomic E-state index is 12.8. The molecular weight excluding hydrogens is 382 g/mol. The molecule has 1 aliphatic heterocycles. The van der Waals surface area contributed by atoms with Gasteiger partial charge in [-0.05, 0) is 31.4 Å². The number of fused-ring (bicyclic) bond motifs is 1. The number of carboxylic acids is 1. The standard InChI is InChI=1S/C20H21NO4S2/c1-2-15-14(13-8-5-6-9-16(13)25-15)12-17-19(24)21(20(26)27-17)11-7-3-4-10-18(22)23/h5-6,8-9,12H,2-4,7,10-11H2,1H3,(H,22,23)/p-1/b17-12-. The summed E-state index contributed by atoms with van der Waals surface area (Å²) < 4.78 is 6.43. The predicted octanol–water partition coefficient (Wildman–Crippen LogP) is 3.51. The van der Waals surface area contributed by atoms with Crippen LogP contribution in [0.2, 0.25) is 0 Å². The summed E-state index contributed by atoms with van der Waals surface area (Å²) in [7, 11) is 0. The molecule has 1 fully saturated rings. The van der Waals surface area contributed by atoms with Crippen LogP contribution in [0.15, 0.2) is 33.6 Å². The number of rotatable bonds is 8. The van der Waals surface area contributed by atoms with Crippen LogP contribution in [0, 0.1) is 0 Å². The molecule has 7 heteroatoms. The second-order valence-corrected chi connectivity index (χ2v) is 7.98. The van der Waals surface area contributed by atoms with E-state index < -0.39 is 5.97 Å². The number of thiocarbonyl (C=S) groups is 1. The molecule has 0 N–H and O–H groups in total. The van der Waals surface area contributed by atoms with Gasteiger partial charge in [0.15, 0.2) is 0 Å². The molecule has 3 rings (SSSR count). The van der Waals surface area contributed by atoms with Crippen molar-refractivity contribution >= 4 is 57.2 Å². The third kappa shape index (κ3) is 4.42. The molecule has 1 aromatic carbocycles. The molecular formula is C20H20NO4S2-. The van der Waals surface area contributed by atoms with E-state index >= 15 is 0 Å². The van der Waals surface area contributed by atoms with Gasteiger partial charge in [0, 0.05) is 29.9 Å². The minimum Gasteiger partial charge on any atom is -0.550 e. The van der Waals surface area contributed by atoms with E-state index in [9.17, 15) is 14.7 Å². The number of carbonyl (C=O) groups is 2. The van der Waals surface area contributed by atoms with Crippen LogP contribution in [0.3, 0.4) is 0 Å². The quantitative estimate of drug-likeness (QED) is 0.382. The van der Waals surface area contributed by atoms with Crippen LogP contribution < -0.4 is 5.11 Å². The van der Waals surface area contributed by atoms with Crippen LogP contribution in [0.25, 0.3) is 17.0 Å². The fraction of sp³-hybridized carbons (Fsp3) is 0.350. The maximum absolute atomic E-state index is 12.8. The van der Waals surface area contributed by atoms with Crippen molar-refractivity contribution in [3.63, 3.8) is 0 Å². The molecule has 1 aliphatic rings. The monoisotopic (exact) mass is 402 g/mol. The van der Waals surface area contributed by atoms with E-state index in [1.807, 2.05) is 37.3 Å². The third-order valence-corrected chi connectivity index (χ3v) is 5.82. The highest BCUT2D eigenvalue weighted by atomic mass is 32.2. The fourth-order valence-corrected chi connectivity index (χ4v) is 4.37. The molecule has 0 bridgehead atoms. The number of amides is 1. The topological polar surface area (TPSA) is 73.6 Å². The van der Waals surface area contributed by atoms with Gasteiger partial charge in [0.2, 0.25) is 0 Å². The molecule has 142 valence electrons. The molecule has 2 aromatic rings. The van der Waals surface area contributed by atoms with Crippen molar-refractivity contribution in [1.82, 2.24) is 4.90 Å². The van der Waals surface area contributed by atoms with Gasteiger partial charge in [-0.3, -0.25) is 9.69 Å². The Morgan fingerprint density at radius 2 is 2.07 bits per heavy atom. The molecule has 1 aromatic heterocycles. The second kappa shape index (κ2) is 8.71.